The molecule has 0 radical (unpaired) electrons. The predicted molar refractivity (Wildman–Crippen MR) is 274 cm³/mol. The van der Waals surface area contributed by atoms with Gasteiger partial charge in [-0.2, -0.15) is 0 Å². The summed E-state index contributed by atoms with van der Waals surface area (Å²) in [6, 6.07) is 60.8. The van der Waals surface area contributed by atoms with Crippen molar-refractivity contribution in [3.8, 4) is 0 Å². The number of benzene rings is 7. The zero-order chi connectivity index (χ0) is 52.5. The molecule has 2 fully saturated rings. The van der Waals surface area contributed by atoms with Crippen LogP contribution in [0, 0.1) is 0 Å². The van der Waals surface area contributed by atoms with Gasteiger partial charge in [-0.3, -0.25) is 0 Å². The summed E-state index contributed by atoms with van der Waals surface area (Å²) in [4.78, 5) is 56.2. The Labute approximate surface area is 439 Å². The molecule has 9 rings (SSSR count). The molecular formula is C61H56O15. The number of aliphatic hydroxyl groups is 1. The van der Waals surface area contributed by atoms with Gasteiger partial charge in [-0.1, -0.05) is 164 Å². The number of hydrogen-bond donors (Lipinski definition) is 1. The molecule has 1 N–H and O–H groups in total. The first-order valence-electron chi connectivity index (χ1n) is 24.8. The summed E-state index contributed by atoms with van der Waals surface area (Å²) >= 11 is 0. The molecule has 2 saturated heterocycles. The van der Waals surface area contributed by atoms with Crippen molar-refractivity contribution in [1.29, 1.82) is 0 Å². The fourth-order valence-electron chi connectivity index (χ4n) is 8.75. The average molecular weight is 1030 g/mol. The Morgan fingerprint density at radius 3 is 1.12 bits per heavy atom. The summed E-state index contributed by atoms with van der Waals surface area (Å²) in [6.07, 6.45) is -14.0. The number of esters is 4. The Morgan fingerprint density at radius 1 is 0.342 bits per heavy atom. The van der Waals surface area contributed by atoms with Gasteiger partial charge in [0.25, 0.3) is 0 Å². The summed E-state index contributed by atoms with van der Waals surface area (Å²) in [6.45, 7) is -0.732. The summed E-state index contributed by atoms with van der Waals surface area (Å²) in [5.74, 6) is -3.33. The van der Waals surface area contributed by atoms with E-state index in [1.54, 1.807) is 84.9 Å². The van der Waals surface area contributed by atoms with E-state index in [1.807, 2.05) is 91.0 Å². The van der Waals surface area contributed by atoms with Crippen LogP contribution in [-0.2, 0) is 67.2 Å². The van der Waals surface area contributed by atoms with E-state index in [4.69, 9.17) is 47.4 Å². The number of rotatable bonds is 21. The van der Waals surface area contributed by atoms with Crippen molar-refractivity contribution in [3.63, 3.8) is 0 Å². The van der Waals surface area contributed by atoms with Gasteiger partial charge in [0.05, 0.1) is 48.7 Å². The molecule has 390 valence electrons. The molecule has 0 aromatic heterocycles. The molecule has 0 saturated carbocycles. The lowest BCUT2D eigenvalue weighted by Gasteiger charge is -2.46. The molecule has 0 bridgehead atoms. The monoisotopic (exact) mass is 1030 g/mol. The van der Waals surface area contributed by atoms with Crippen LogP contribution >= 0.6 is 0 Å². The Balaban J connectivity index is 1.09. The first-order chi connectivity index (χ1) is 37.3. The molecule has 2 aliphatic rings. The number of hydrogen-bond acceptors (Lipinski definition) is 15. The maximum atomic E-state index is 14.3. The third-order valence-corrected chi connectivity index (χ3v) is 12.6. The van der Waals surface area contributed by atoms with Crippen molar-refractivity contribution in [2.45, 2.75) is 81.2 Å². The molecule has 0 unspecified atom stereocenters. The standard InChI is InChI=1S/C61H56O15/c62-56(44-28-14-4-15-29-44)70-39-49-51(74-57(63)45-30-16-5-17-31-45)53(75-58(64)46-32-18-6-19-33-46)55(76-59(65)47-34-20-7-21-35-47)61(73-49)71-40-48-50(67-36-41-22-8-1-9-23-41)52(68-37-42-24-10-2-11-25-42)54(60(66)72-48)69-38-43-26-12-3-13-27-43/h1-35,48-55,60-61,66H,36-40H2/t48-,49-,50-,51-,52+,53+,54-,55+,60+,61+/m1/s1. The minimum Gasteiger partial charge on any atom is -0.459 e. The van der Waals surface area contributed by atoms with Gasteiger partial charge in [0.1, 0.15) is 37.1 Å². The van der Waals surface area contributed by atoms with Gasteiger partial charge >= 0.3 is 23.9 Å². The van der Waals surface area contributed by atoms with Crippen molar-refractivity contribution in [2.75, 3.05) is 13.2 Å². The van der Waals surface area contributed by atoms with E-state index in [0.29, 0.717) is 0 Å². The maximum absolute atomic E-state index is 14.3. The summed E-state index contributed by atoms with van der Waals surface area (Å²) in [5, 5.41) is 11.9. The van der Waals surface area contributed by atoms with Crippen LogP contribution in [0.4, 0.5) is 0 Å². The number of aliphatic hydroxyl groups excluding tert-OH is 1. The lowest BCUT2D eigenvalue weighted by molar-refractivity contribution is -0.337. The Kier molecular flexibility index (Phi) is 18.5. The first kappa shape index (κ1) is 53.0. The molecule has 15 nitrogen and oxygen atoms in total. The van der Waals surface area contributed by atoms with Crippen LogP contribution in [0.2, 0.25) is 0 Å². The van der Waals surface area contributed by atoms with E-state index in [9.17, 15) is 24.3 Å². The number of carbonyl (C=O) groups excluding carboxylic acids is 4. The fraction of sp³-hybridized carbons (Fsp3) is 0.246. The van der Waals surface area contributed by atoms with Gasteiger partial charge in [0.15, 0.2) is 30.9 Å². The third-order valence-electron chi connectivity index (χ3n) is 12.6. The largest absolute Gasteiger partial charge is 0.459 e. The van der Waals surface area contributed by atoms with Gasteiger partial charge in [-0.25, -0.2) is 19.2 Å². The molecule has 7 aromatic rings. The van der Waals surface area contributed by atoms with Crippen molar-refractivity contribution in [1.82, 2.24) is 0 Å². The van der Waals surface area contributed by atoms with E-state index in [2.05, 4.69) is 0 Å². The zero-order valence-electron chi connectivity index (χ0n) is 41.2. The summed E-state index contributed by atoms with van der Waals surface area (Å²) < 4.78 is 64.1. The smallest absolute Gasteiger partial charge is 0.338 e. The van der Waals surface area contributed by atoms with Gasteiger partial charge in [-0.15, -0.1) is 0 Å². The summed E-state index contributed by atoms with van der Waals surface area (Å²) in [5.41, 5.74) is 3.11. The van der Waals surface area contributed by atoms with Crippen molar-refractivity contribution in [3.05, 3.63) is 251 Å². The van der Waals surface area contributed by atoms with E-state index in [-0.39, 0.29) is 42.1 Å². The van der Waals surface area contributed by atoms with Gasteiger partial charge in [0, 0.05) is 0 Å². The predicted octanol–water partition coefficient (Wildman–Crippen LogP) is 8.74. The Morgan fingerprint density at radius 2 is 0.684 bits per heavy atom. The van der Waals surface area contributed by atoms with Crippen molar-refractivity contribution >= 4 is 23.9 Å². The number of carbonyl (C=O) groups is 4. The van der Waals surface area contributed by atoms with Crippen LogP contribution in [-0.4, -0.2) is 104 Å². The highest BCUT2D eigenvalue weighted by Crippen LogP contribution is 2.35. The molecule has 76 heavy (non-hydrogen) atoms. The second kappa shape index (κ2) is 26.6. The van der Waals surface area contributed by atoms with Crippen molar-refractivity contribution < 1.29 is 71.7 Å². The van der Waals surface area contributed by atoms with E-state index < -0.39 is 98.5 Å². The van der Waals surface area contributed by atoms with Gasteiger partial charge < -0.3 is 52.5 Å². The highest BCUT2D eigenvalue weighted by atomic mass is 16.7. The van der Waals surface area contributed by atoms with Crippen LogP contribution in [0.25, 0.3) is 0 Å². The third kappa shape index (κ3) is 14.1. The lowest BCUT2D eigenvalue weighted by Crippen LogP contribution is -2.64. The minimum absolute atomic E-state index is 0.0795. The van der Waals surface area contributed by atoms with E-state index in [0.717, 1.165) is 16.7 Å². The second-order valence-corrected chi connectivity index (χ2v) is 17.9. The molecule has 2 heterocycles. The molecule has 15 heteroatoms. The molecule has 0 spiro atoms. The highest BCUT2D eigenvalue weighted by Gasteiger charge is 2.55. The average Bonchev–Trinajstić information content (AvgIpc) is 3.50. The maximum Gasteiger partial charge on any atom is 0.338 e. The minimum atomic E-state index is -1.70. The van der Waals surface area contributed by atoms with Crippen LogP contribution < -0.4 is 0 Å². The first-order valence-corrected chi connectivity index (χ1v) is 24.8. The molecule has 2 aliphatic heterocycles. The van der Waals surface area contributed by atoms with Crippen LogP contribution in [0.15, 0.2) is 212 Å². The Bertz CT molecular complexity index is 2900. The molecule has 0 aliphatic carbocycles. The molecule has 10 atom stereocenters. The topological polar surface area (TPSA) is 181 Å². The van der Waals surface area contributed by atoms with Crippen LogP contribution in [0.5, 0.6) is 0 Å². The Hall–Kier alpha value is -7.86. The second-order valence-electron chi connectivity index (χ2n) is 17.9. The van der Waals surface area contributed by atoms with E-state index >= 15 is 0 Å². The molecular weight excluding hydrogens is 973 g/mol. The van der Waals surface area contributed by atoms with Crippen LogP contribution in [0.1, 0.15) is 58.1 Å². The van der Waals surface area contributed by atoms with Crippen LogP contribution in [0.3, 0.4) is 0 Å². The quantitative estimate of drug-likeness (QED) is 0.0533. The molecule has 7 aromatic carbocycles. The normalized spacial score (nSPS) is 23.1. The zero-order valence-corrected chi connectivity index (χ0v) is 41.2. The van der Waals surface area contributed by atoms with E-state index in [1.165, 1.54) is 36.4 Å². The number of ether oxygens (including phenoxy) is 10. The summed E-state index contributed by atoms with van der Waals surface area (Å²) in [7, 11) is 0. The van der Waals surface area contributed by atoms with Crippen molar-refractivity contribution in [2.24, 2.45) is 0 Å². The fourth-order valence-corrected chi connectivity index (χ4v) is 8.75. The van der Waals surface area contributed by atoms with Gasteiger partial charge in [0.2, 0.25) is 0 Å². The van der Waals surface area contributed by atoms with Gasteiger partial charge in [-0.05, 0) is 65.2 Å². The molecule has 0 amide bonds. The SMILES string of the molecule is O=C(OC[C@H]1O[C@H](OC[C@H]2O[C@H](O)[C@H](OCc3ccccc3)[C@@H](OCc3ccccc3)[C@@H]2OCc2ccccc2)[C@@H](OC(=O)c2ccccc2)[C@@H](OC(=O)c2ccccc2)[C@@H]1OC(=O)c1ccccc1)c1ccccc1. The highest BCUT2D eigenvalue weighted by molar-refractivity contribution is 5.91. The lowest BCUT2D eigenvalue weighted by atomic mass is 9.96.